The van der Waals surface area contributed by atoms with Crippen LogP contribution in [0.15, 0.2) is 42.5 Å². The molecule has 5 rings (SSSR count). The van der Waals surface area contributed by atoms with Crippen molar-refractivity contribution in [3.8, 4) is 11.5 Å². The van der Waals surface area contributed by atoms with E-state index in [1.54, 1.807) is 0 Å². The van der Waals surface area contributed by atoms with Crippen LogP contribution in [0, 0.1) is 0 Å². The molecule has 2 aromatic heterocycles. The Balaban J connectivity index is 1.42. The summed E-state index contributed by atoms with van der Waals surface area (Å²) in [5.41, 5.74) is 9.87. The van der Waals surface area contributed by atoms with Crippen molar-refractivity contribution >= 4 is 44.1 Å². The van der Waals surface area contributed by atoms with Gasteiger partial charge in [0.1, 0.15) is 9.71 Å². The molecule has 2 aromatic carbocycles. The average molecular weight is 405 g/mol. The third kappa shape index (κ3) is 3.13. The second-order valence-electron chi connectivity index (χ2n) is 6.94. The topological polar surface area (TPSA) is 86.5 Å². The maximum atomic E-state index is 12.8. The van der Waals surface area contributed by atoms with Crippen LogP contribution in [0.2, 0.25) is 0 Å². The van der Waals surface area contributed by atoms with Crippen LogP contribution in [-0.2, 0) is 13.0 Å². The monoisotopic (exact) mass is 405 g/mol. The van der Waals surface area contributed by atoms with Crippen LogP contribution in [0.3, 0.4) is 0 Å². The van der Waals surface area contributed by atoms with Gasteiger partial charge in [-0.3, -0.25) is 4.79 Å². The highest BCUT2D eigenvalue weighted by molar-refractivity contribution is 7.21. The third-order valence-electron chi connectivity index (χ3n) is 5.08. The van der Waals surface area contributed by atoms with E-state index in [1.807, 2.05) is 30.3 Å². The second kappa shape index (κ2) is 6.93. The minimum absolute atomic E-state index is 0.207. The summed E-state index contributed by atoms with van der Waals surface area (Å²) in [5, 5.41) is 4.79. The smallest absolute Gasteiger partial charge is 0.263 e. The van der Waals surface area contributed by atoms with E-state index in [0.717, 1.165) is 38.9 Å². The lowest BCUT2D eigenvalue weighted by Gasteiger charge is -2.06. The van der Waals surface area contributed by atoms with Gasteiger partial charge in [-0.05, 0) is 47.9 Å². The van der Waals surface area contributed by atoms with Gasteiger partial charge < -0.3 is 20.5 Å². The zero-order chi connectivity index (χ0) is 20.0. The quantitative estimate of drug-likeness (QED) is 0.530. The Hall–Kier alpha value is -3.32. The molecule has 146 valence electrons. The lowest BCUT2D eigenvalue weighted by molar-refractivity contribution is 0.0955. The lowest BCUT2D eigenvalue weighted by atomic mass is 10.1. The van der Waals surface area contributed by atoms with Crippen molar-refractivity contribution in [3.63, 3.8) is 0 Å². The highest BCUT2D eigenvalue weighted by Gasteiger charge is 2.19. The Labute approximate surface area is 171 Å². The van der Waals surface area contributed by atoms with Crippen molar-refractivity contribution in [2.75, 3.05) is 12.5 Å². The van der Waals surface area contributed by atoms with E-state index in [2.05, 4.69) is 24.4 Å². The first-order valence-corrected chi connectivity index (χ1v) is 10.2. The first-order valence-electron chi connectivity index (χ1n) is 9.41. The van der Waals surface area contributed by atoms with Crippen LogP contribution in [0.5, 0.6) is 11.5 Å². The fraction of sp³-hybridized carbons (Fsp3) is 0.182. The first kappa shape index (κ1) is 17.8. The van der Waals surface area contributed by atoms with Gasteiger partial charge in [-0.2, -0.15) is 0 Å². The highest BCUT2D eigenvalue weighted by Crippen LogP contribution is 2.35. The minimum Gasteiger partial charge on any atom is -0.454 e. The Kier molecular flexibility index (Phi) is 4.24. The first-order chi connectivity index (χ1) is 14.1. The van der Waals surface area contributed by atoms with E-state index < -0.39 is 0 Å². The number of anilines is 1. The maximum absolute atomic E-state index is 12.8. The number of pyridine rings is 1. The summed E-state index contributed by atoms with van der Waals surface area (Å²) in [6.45, 7) is 2.72. The van der Waals surface area contributed by atoms with E-state index in [0.29, 0.717) is 22.9 Å². The van der Waals surface area contributed by atoms with E-state index >= 15 is 0 Å². The molecule has 4 aromatic rings. The van der Waals surface area contributed by atoms with Gasteiger partial charge in [-0.25, -0.2) is 4.98 Å². The van der Waals surface area contributed by atoms with Crippen molar-refractivity contribution in [1.29, 1.82) is 0 Å². The van der Waals surface area contributed by atoms with E-state index in [4.69, 9.17) is 20.2 Å². The number of aromatic nitrogens is 1. The number of benzene rings is 2. The Morgan fingerprint density at radius 1 is 1.14 bits per heavy atom. The number of nitrogen functional groups attached to an aromatic ring is 1. The summed E-state index contributed by atoms with van der Waals surface area (Å²) < 4.78 is 10.7. The van der Waals surface area contributed by atoms with Crippen molar-refractivity contribution in [1.82, 2.24) is 10.3 Å². The van der Waals surface area contributed by atoms with Crippen LogP contribution in [0.25, 0.3) is 21.1 Å². The predicted octanol–water partition coefficient (Wildman–Crippen LogP) is 4.25. The Morgan fingerprint density at radius 2 is 1.97 bits per heavy atom. The van der Waals surface area contributed by atoms with Crippen LogP contribution in [0.4, 0.5) is 5.69 Å². The molecule has 6 nitrogen and oxygen atoms in total. The molecular weight excluding hydrogens is 386 g/mol. The Bertz CT molecular complexity index is 1270. The van der Waals surface area contributed by atoms with E-state index in [-0.39, 0.29) is 12.7 Å². The van der Waals surface area contributed by atoms with Crippen LogP contribution in [0.1, 0.15) is 27.7 Å². The number of nitrogens with zero attached hydrogens (tertiary/aromatic N) is 1. The normalized spacial score (nSPS) is 12.6. The van der Waals surface area contributed by atoms with Gasteiger partial charge >= 0.3 is 0 Å². The number of rotatable bonds is 4. The van der Waals surface area contributed by atoms with Gasteiger partial charge in [0.15, 0.2) is 11.5 Å². The molecule has 1 aliphatic heterocycles. The van der Waals surface area contributed by atoms with Gasteiger partial charge in [0.05, 0.1) is 11.2 Å². The zero-order valence-electron chi connectivity index (χ0n) is 15.8. The summed E-state index contributed by atoms with van der Waals surface area (Å²) >= 11 is 1.32. The van der Waals surface area contributed by atoms with Gasteiger partial charge in [0, 0.05) is 17.3 Å². The molecule has 0 fully saturated rings. The number of ether oxygens (including phenoxy) is 2. The van der Waals surface area contributed by atoms with Crippen LogP contribution < -0.4 is 20.5 Å². The molecular formula is C22H19N3O3S. The maximum Gasteiger partial charge on any atom is 0.263 e. The Morgan fingerprint density at radius 3 is 2.83 bits per heavy atom. The number of thiophene rings is 1. The molecule has 29 heavy (non-hydrogen) atoms. The third-order valence-corrected chi connectivity index (χ3v) is 6.20. The lowest BCUT2D eigenvalue weighted by Crippen LogP contribution is -2.22. The van der Waals surface area contributed by atoms with E-state index in [1.165, 1.54) is 16.9 Å². The molecule has 3 N–H and O–H groups in total. The molecule has 0 aliphatic carbocycles. The van der Waals surface area contributed by atoms with Gasteiger partial charge in [-0.15, -0.1) is 11.3 Å². The largest absolute Gasteiger partial charge is 0.454 e. The highest BCUT2D eigenvalue weighted by atomic mass is 32.1. The van der Waals surface area contributed by atoms with Gasteiger partial charge in [0.2, 0.25) is 6.79 Å². The minimum atomic E-state index is -0.207. The zero-order valence-corrected chi connectivity index (χ0v) is 16.6. The predicted molar refractivity (Wildman–Crippen MR) is 115 cm³/mol. The molecule has 0 unspecified atom stereocenters. The van der Waals surface area contributed by atoms with Crippen molar-refractivity contribution in [2.45, 2.75) is 19.9 Å². The molecule has 1 amide bonds. The average Bonchev–Trinajstić information content (AvgIpc) is 3.34. The van der Waals surface area contributed by atoms with Gasteiger partial charge in [0.25, 0.3) is 5.91 Å². The number of fused-ring (bicyclic) bond motifs is 3. The molecule has 0 radical (unpaired) electrons. The van der Waals surface area contributed by atoms with Crippen molar-refractivity contribution in [3.05, 3.63) is 58.5 Å². The molecule has 3 heterocycles. The number of carbonyl (C=O) groups is 1. The number of carbonyl (C=O) groups excluding carboxylic acids is 1. The van der Waals surface area contributed by atoms with E-state index in [9.17, 15) is 4.79 Å². The standard InChI is InChI=1S/C22H19N3O3S/c1-2-12-3-5-16-14(7-12)9-15-19(23)20(29-22(15)25-16)21(26)24-10-13-4-6-17-18(8-13)28-11-27-17/h3-9H,2,10-11,23H2,1H3,(H,24,26). The molecule has 0 atom stereocenters. The number of nitrogens with two attached hydrogens (primary N) is 1. The summed E-state index contributed by atoms with van der Waals surface area (Å²) in [5.74, 6) is 1.21. The van der Waals surface area contributed by atoms with Crippen molar-refractivity contribution in [2.24, 2.45) is 0 Å². The molecule has 0 spiro atoms. The number of nitrogens with one attached hydrogen (secondary N) is 1. The molecule has 7 heteroatoms. The summed E-state index contributed by atoms with van der Waals surface area (Å²) in [7, 11) is 0. The summed E-state index contributed by atoms with van der Waals surface area (Å²) in [6, 6.07) is 13.9. The van der Waals surface area contributed by atoms with Gasteiger partial charge in [-0.1, -0.05) is 19.1 Å². The number of hydrogen-bond acceptors (Lipinski definition) is 6. The molecule has 0 saturated heterocycles. The second-order valence-corrected chi connectivity index (χ2v) is 7.94. The number of aryl methyl sites for hydroxylation is 1. The number of amides is 1. The number of hydrogen-bond donors (Lipinski definition) is 2. The van der Waals surface area contributed by atoms with Crippen LogP contribution in [-0.4, -0.2) is 17.7 Å². The molecule has 1 aliphatic rings. The van der Waals surface area contributed by atoms with Crippen molar-refractivity contribution < 1.29 is 14.3 Å². The summed E-state index contributed by atoms with van der Waals surface area (Å²) in [4.78, 5) is 18.7. The van der Waals surface area contributed by atoms with Crippen LogP contribution >= 0.6 is 11.3 Å². The molecule has 0 saturated carbocycles. The fourth-order valence-corrected chi connectivity index (χ4v) is 4.46. The summed E-state index contributed by atoms with van der Waals surface area (Å²) in [6.07, 6.45) is 0.959. The molecule has 0 bridgehead atoms. The fourth-order valence-electron chi connectivity index (χ4n) is 3.46. The SMILES string of the molecule is CCc1ccc2nc3sc(C(=O)NCc4ccc5c(c4)OCO5)c(N)c3cc2c1.